The van der Waals surface area contributed by atoms with Gasteiger partial charge < -0.3 is 0 Å². The molecule has 0 heterocycles. The third-order valence-electron chi connectivity index (χ3n) is 5.33. The van der Waals surface area contributed by atoms with Gasteiger partial charge in [0, 0.05) is 0 Å². The van der Waals surface area contributed by atoms with E-state index in [9.17, 15) is 0 Å². The molecule has 0 aromatic rings. The van der Waals surface area contributed by atoms with Gasteiger partial charge in [0.2, 0.25) is 0 Å². The number of fused-ring (bicyclic) bond motifs is 1. The molecule has 82 valence electrons. The Balaban J connectivity index is 2.00. The molecule has 0 aliphatic heterocycles. The van der Waals surface area contributed by atoms with Crippen molar-refractivity contribution in [3.8, 4) is 0 Å². The Morgan fingerprint density at radius 1 is 1.36 bits per heavy atom. The van der Waals surface area contributed by atoms with Crippen LogP contribution < -0.4 is 0 Å². The lowest BCUT2D eigenvalue weighted by atomic mass is 9.63. The summed E-state index contributed by atoms with van der Waals surface area (Å²) in [6.45, 7) is 9.85. The quantitative estimate of drug-likeness (QED) is 0.614. The lowest BCUT2D eigenvalue weighted by molar-refractivity contribution is 0.0855. The SMILES string of the molecule is CCCC(C)(C)C1CC2CCC2(C)C1. The first-order valence-corrected chi connectivity index (χ1v) is 6.48. The van der Waals surface area contributed by atoms with E-state index in [1.807, 2.05) is 0 Å². The van der Waals surface area contributed by atoms with Crippen molar-refractivity contribution in [2.45, 2.75) is 66.2 Å². The summed E-state index contributed by atoms with van der Waals surface area (Å²) in [6.07, 6.45) is 8.85. The van der Waals surface area contributed by atoms with Gasteiger partial charge in [-0.05, 0) is 54.8 Å². The molecule has 3 atom stereocenters. The van der Waals surface area contributed by atoms with Gasteiger partial charge in [-0.1, -0.05) is 34.1 Å². The summed E-state index contributed by atoms with van der Waals surface area (Å²) in [6, 6.07) is 0. The first kappa shape index (κ1) is 10.5. The smallest absolute Gasteiger partial charge is 0.0294 e. The van der Waals surface area contributed by atoms with Crippen molar-refractivity contribution in [2.75, 3.05) is 0 Å². The monoisotopic (exact) mass is 194 g/mol. The molecular weight excluding hydrogens is 168 g/mol. The summed E-state index contributed by atoms with van der Waals surface area (Å²) in [5.41, 5.74) is 1.37. The van der Waals surface area contributed by atoms with Gasteiger partial charge in [0.1, 0.15) is 0 Å². The molecule has 0 amide bonds. The summed E-state index contributed by atoms with van der Waals surface area (Å²) < 4.78 is 0. The van der Waals surface area contributed by atoms with Gasteiger partial charge in [-0.2, -0.15) is 0 Å². The van der Waals surface area contributed by atoms with Crippen LogP contribution in [0, 0.1) is 22.7 Å². The van der Waals surface area contributed by atoms with Crippen LogP contribution in [0.2, 0.25) is 0 Å². The van der Waals surface area contributed by atoms with Crippen molar-refractivity contribution in [2.24, 2.45) is 22.7 Å². The highest BCUT2D eigenvalue weighted by Gasteiger charge is 2.52. The van der Waals surface area contributed by atoms with E-state index in [0.29, 0.717) is 5.41 Å². The van der Waals surface area contributed by atoms with Gasteiger partial charge >= 0.3 is 0 Å². The highest BCUT2D eigenvalue weighted by atomic mass is 14.6. The van der Waals surface area contributed by atoms with E-state index in [1.54, 1.807) is 0 Å². The molecule has 2 fully saturated rings. The second kappa shape index (κ2) is 3.25. The molecule has 0 nitrogen and oxygen atoms in total. The molecule has 3 unspecified atom stereocenters. The highest BCUT2D eigenvalue weighted by Crippen LogP contribution is 2.62. The Morgan fingerprint density at radius 3 is 2.43 bits per heavy atom. The summed E-state index contributed by atoms with van der Waals surface area (Å²) >= 11 is 0. The van der Waals surface area contributed by atoms with Crippen LogP contribution in [0.4, 0.5) is 0 Å². The fraction of sp³-hybridized carbons (Fsp3) is 1.00. The van der Waals surface area contributed by atoms with Crippen LogP contribution in [0.1, 0.15) is 66.2 Å². The third kappa shape index (κ3) is 1.51. The van der Waals surface area contributed by atoms with Crippen LogP contribution in [-0.2, 0) is 0 Å². The van der Waals surface area contributed by atoms with Crippen LogP contribution in [0.25, 0.3) is 0 Å². The van der Waals surface area contributed by atoms with Gasteiger partial charge in [-0.25, -0.2) is 0 Å². The minimum Gasteiger partial charge on any atom is -0.0654 e. The predicted octanol–water partition coefficient (Wildman–Crippen LogP) is 4.64. The molecule has 2 aliphatic carbocycles. The van der Waals surface area contributed by atoms with Crippen molar-refractivity contribution in [3.63, 3.8) is 0 Å². The molecule has 0 radical (unpaired) electrons. The largest absolute Gasteiger partial charge is 0.0654 e. The van der Waals surface area contributed by atoms with Gasteiger partial charge in [0.15, 0.2) is 0 Å². The van der Waals surface area contributed by atoms with Gasteiger partial charge in [0.25, 0.3) is 0 Å². The minimum atomic E-state index is 0.606. The van der Waals surface area contributed by atoms with Crippen LogP contribution in [0.3, 0.4) is 0 Å². The fourth-order valence-corrected chi connectivity index (χ4v) is 3.95. The summed E-state index contributed by atoms with van der Waals surface area (Å²) in [7, 11) is 0. The normalized spacial score (nSPS) is 42.0. The molecule has 0 aromatic heterocycles. The van der Waals surface area contributed by atoms with Crippen molar-refractivity contribution >= 4 is 0 Å². The van der Waals surface area contributed by atoms with Crippen LogP contribution in [0.15, 0.2) is 0 Å². The van der Waals surface area contributed by atoms with Crippen molar-refractivity contribution in [3.05, 3.63) is 0 Å². The van der Waals surface area contributed by atoms with E-state index in [4.69, 9.17) is 0 Å². The van der Waals surface area contributed by atoms with Gasteiger partial charge in [0.05, 0.1) is 0 Å². The summed E-state index contributed by atoms with van der Waals surface area (Å²) in [5.74, 6) is 2.10. The Kier molecular flexibility index (Phi) is 2.44. The molecule has 0 aromatic carbocycles. The average Bonchev–Trinajstić information content (AvgIpc) is 2.29. The molecule has 0 bridgehead atoms. The maximum Gasteiger partial charge on any atom is -0.0294 e. The molecule has 0 N–H and O–H groups in total. The lowest BCUT2D eigenvalue weighted by Gasteiger charge is -2.42. The van der Waals surface area contributed by atoms with E-state index < -0.39 is 0 Å². The fourth-order valence-electron chi connectivity index (χ4n) is 3.95. The second-order valence-electron chi connectivity index (χ2n) is 6.76. The van der Waals surface area contributed by atoms with Gasteiger partial charge in [-0.15, -0.1) is 0 Å². The predicted molar refractivity (Wildman–Crippen MR) is 62.2 cm³/mol. The van der Waals surface area contributed by atoms with E-state index in [1.165, 1.54) is 38.5 Å². The topological polar surface area (TPSA) is 0 Å². The Bertz CT molecular complexity index is 216. The Labute approximate surface area is 89.5 Å². The second-order valence-corrected chi connectivity index (χ2v) is 6.76. The Hall–Kier alpha value is 0. The summed E-state index contributed by atoms with van der Waals surface area (Å²) in [5, 5.41) is 0. The van der Waals surface area contributed by atoms with Gasteiger partial charge in [-0.3, -0.25) is 0 Å². The maximum absolute atomic E-state index is 2.53. The molecule has 2 rings (SSSR count). The number of rotatable bonds is 3. The number of hydrogen-bond donors (Lipinski definition) is 0. The van der Waals surface area contributed by atoms with Crippen molar-refractivity contribution in [1.82, 2.24) is 0 Å². The van der Waals surface area contributed by atoms with Crippen LogP contribution in [-0.4, -0.2) is 0 Å². The average molecular weight is 194 g/mol. The molecule has 0 heteroatoms. The lowest BCUT2D eigenvalue weighted by Crippen LogP contribution is -2.32. The van der Waals surface area contributed by atoms with Crippen LogP contribution >= 0.6 is 0 Å². The van der Waals surface area contributed by atoms with Crippen molar-refractivity contribution < 1.29 is 0 Å². The molecule has 0 saturated heterocycles. The van der Waals surface area contributed by atoms with E-state index in [0.717, 1.165) is 17.3 Å². The van der Waals surface area contributed by atoms with Crippen molar-refractivity contribution in [1.29, 1.82) is 0 Å². The number of hydrogen-bond acceptors (Lipinski definition) is 0. The third-order valence-corrected chi connectivity index (χ3v) is 5.33. The van der Waals surface area contributed by atoms with E-state index in [2.05, 4.69) is 27.7 Å². The molecule has 2 aliphatic rings. The molecule has 14 heavy (non-hydrogen) atoms. The van der Waals surface area contributed by atoms with Crippen LogP contribution in [0.5, 0.6) is 0 Å². The Morgan fingerprint density at radius 2 is 2.07 bits per heavy atom. The minimum absolute atomic E-state index is 0.606. The molecule has 0 spiro atoms. The molecular formula is C14H26. The zero-order chi connectivity index (χ0) is 10.4. The zero-order valence-corrected chi connectivity index (χ0v) is 10.4. The molecule has 2 saturated carbocycles. The van der Waals surface area contributed by atoms with E-state index >= 15 is 0 Å². The standard InChI is InChI=1S/C14H26/c1-5-7-13(2,3)12-9-11-6-8-14(11,4)10-12/h11-12H,5-10H2,1-4H3. The maximum atomic E-state index is 2.53. The highest BCUT2D eigenvalue weighted by molar-refractivity contribution is 5.02. The first-order chi connectivity index (χ1) is 6.48. The zero-order valence-electron chi connectivity index (χ0n) is 10.4. The first-order valence-electron chi connectivity index (χ1n) is 6.48. The van der Waals surface area contributed by atoms with E-state index in [-0.39, 0.29) is 0 Å². The summed E-state index contributed by atoms with van der Waals surface area (Å²) in [4.78, 5) is 0.